The monoisotopic (exact) mass is 316 g/mol. The molecule has 1 aromatic heterocycles. The Morgan fingerprint density at radius 2 is 2.23 bits per heavy atom. The van der Waals surface area contributed by atoms with Gasteiger partial charge in [-0.3, -0.25) is 9.59 Å². The normalized spacial score (nSPS) is 17.7. The quantitative estimate of drug-likeness (QED) is 0.945. The number of aliphatic carboxylic acids is 1. The number of carbonyl (C=O) groups is 2. The summed E-state index contributed by atoms with van der Waals surface area (Å²) in [6.45, 7) is 2.72. The van der Waals surface area contributed by atoms with Gasteiger partial charge in [-0.25, -0.2) is 4.98 Å². The summed E-state index contributed by atoms with van der Waals surface area (Å²) in [6, 6.07) is 7.36. The molecular weight excluding hydrogens is 300 g/mol. The van der Waals surface area contributed by atoms with Crippen molar-refractivity contribution in [2.24, 2.45) is 5.92 Å². The van der Waals surface area contributed by atoms with Crippen LogP contribution in [0.4, 0.5) is 0 Å². The highest BCUT2D eigenvalue weighted by atomic mass is 32.1. The molecule has 1 aromatic carbocycles. The Morgan fingerprint density at radius 1 is 1.41 bits per heavy atom. The first kappa shape index (κ1) is 14.7. The zero-order valence-electron chi connectivity index (χ0n) is 12.2. The van der Waals surface area contributed by atoms with E-state index in [0.29, 0.717) is 18.5 Å². The maximum absolute atomic E-state index is 12.5. The summed E-state index contributed by atoms with van der Waals surface area (Å²) in [5.74, 6) is -1.39. The van der Waals surface area contributed by atoms with Crippen LogP contribution in [0.25, 0.3) is 10.6 Å². The van der Waals surface area contributed by atoms with Gasteiger partial charge in [-0.1, -0.05) is 12.1 Å². The molecular formula is C16H16N2O3S. The molecule has 1 amide bonds. The maximum atomic E-state index is 12.5. The number of aryl methyl sites for hydroxylation is 1. The largest absolute Gasteiger partial charge is 0.481 e. The van der Waals surface area contributed by atoms with Crippen LogP contribution in [-0.4, -0.2) is 40.0 Å². The molecule has 1 atom stereocenters. The lowest BCUT2D eigenvalue weighted by Gasteiger charge is -2.16. The Labute approximate surface area is 132 Å². The van der Waals surface area contributed by atoms with Crippen LogP contribution >= 0.6 is 11.3 Å². The van der Waals surface area contributed by atoms with Crippen LogP contribution in [0, 0.1) is 12.8 Å². The third kappa shape index (κ3) is 2.87. The minimum Gasteiger partial charge on any atom is -0.481 e. The van der Waals surface area contributed by atoms with Gasteiger partial charge in [0.1, 0.15) is 5.01 Å². The molecule has 2 aromatic rings. The van der Waals surface area contributed by atoms with Crippen LogP contribution in [-0.2, 0) is 4.79 Å². The number of rotatable bonds is 3. The first-order chi connectivity index (χ1) is 10.5. The second kappa shape index (κ2) is 5.88. The Bertz CT molecular complexity index is 726. The molecule has 6 heteroatoms. The fourth-order valence-corrected chi connectivity index (χ4v) is 3.40. The molecule has 2 heterocycles. The number of thiazole rings is 1. The number of nitrogens with zero attached hydrogens (tertiary/aromatic N) is 2. The number of aromatic nitrogens is 1. The van der Waals surface area contributed by atoms with Crippen LogP contribution in [0.15, 0.2) is 29.6 Å². The fourth-order valence-electron chi connectivity index (χ4n) is 2.60. The van der Waals surface area contributed by atoms with Gasteiger partial charge in [0.15, 0.2) is 0 Å². The van der Waals surface area contributed by atoms with Gasteiger partial charge in [0, 0.05) is 35.3 Å². The molecule has 0 saturated carbocycles. The summed E-state index contributed by atoms with van der Waals surface area (Å²) in [5, 5.41) is 11.9. The number of amides is 1. The molecule has 1 N–H and O–H groups in total. The van der Waals surface area contributed by atoms with Crippen LogP contribution in [0.2, 0.25) is 0 Å². The van der Waals surface area contributed by atoms with E-state index in [1.807, 2.05) is 30.5 Å². The van der Waals surface area contributed by atoms with E-state index >= 15 is 0 Å². The van der Waals surface area contributed by atoms with Crippen molar-refractivity contribution in [3.8, 4) is 10.6 Å². The summed E-state index contributed by atoms with van der Waals surface area (Å²) in [4.78, 5) is 29.6. The van der Waals surface area contributed by atoms with Crippen molar-refractivity contribution < 1.29 is 14.7 Å². The molecule has 0 bridgehead atoms. The minimum absolute atomic E-state index is 0.112. The molecule has 1 aliphatic rings. The van der Waals surface area contributed by atoms with E-state index in [1.54, 1.807) is 22.3 Å². The van der Waals surface area contributed by atoms with Gasteiger partial charge >= 0.3 is 5.97 Å². The summed E-state index contributed by atoms with van der Waals surface area (Å²) in [6.07, 6.45) is 0.520. The van der Waals surface area contributed by atoms with E-state index in [9.17, 15) is 9.59 Å². The fraction of sp³-hybridized carbons (Fsp3) is 0.312. The zero-order chi connectivity index (χ0) is 15.7. The second-order valence-corrected chi connectivity index (χ2v) is 6.31. The highest BCUT2D eigenvalue weighted by Crippen LogP contribution is 2.25. The first-order valence-corrected chi connectivity index (χ1v) is 7.97. The van der Waals surface area contributed by atoms with Gasteiger partial charge in [-0.05, 0) is 25.5 Å². The number of likely N-dealkylation sites (tertiary alicyclic amines) is 1. The number of carbonyl (C=O) groups excluding carboxylic acids is 1. The number of carboxylic acid groups (broad SMARTS) is 1. The second-order valence-electron chi connectivity index (χ2n) is 5.45. The molecule has 0 aliphatic carbocycles. The van der Waals surface area contributed by atoms with Gasteiger partial charge in [-0.15, -0.1) is 11.3 Å². The number of carboxylic acids is 1. The Hall–Kier alpha value is -2.21. The molecule has 0 unspecified atom stereocenters. The van der Waals surface area contributed by atoms with E-state index in [2.05, 4.69) is 4.98 Å². The Balaban J connectivity index is 1.80. The molecule has 3 rings (SSSR count). The van der Waals surface area contributed by atoms with Gasteiger partial charge in [0.05, 0.1) is 5.92 Å². The SMILES string of the molecule is Cc1csc(-c2cccc(C(=O)N3CC[C@H](C(=O)O)C3)c2)n1. The molecule has 1 fully saturated rings. The third-order valence-electron chi connectivity index (χ3n) is 3.80. The highest BCUT2D eigenvalue weighted by Gasteiger charge is 2.31. The Kier molecular flexibility index (Phi) is 3.94. The summed E-state index contributed by atoms with van der Waals surface area (Å²) < 4.78 is 0. The van der Waals surface area contributed by atoms with Gasteiger partial charge in [0.25, 0.3) is 5.91 Å². The lowest BCUT2D eigenvalue weighted by atomic mass is 10.1. The molecule has 0 spiro atoms. The van der Waals surface area contributed by atoms with E-state index < -0.39 is 11.9 Å². The van der Waals surface area contributed by atoms with Crippen molar-refractivity contribution in [3.63, 3.8) is 0 Å². The zero-order valence-corrected chi connectivity index (χ0v) is 13.0. The van der Waals surface area contributed by atoms with Crippen LogP contribution in [0.3, 0.4) is 0 Å². The highest BCUT2D eigenvalue weighted by molar-refractivity contribution is 7.13. The Morgan fingerprint density at radius 3 is 2.86 bits per heavy atom. The predicted octanol–water partition coefficient (Wildman–Crippen LogP) is 2.67. The first-order valence-electron chi connectivity index (χ1n) is 7.09. The molecule has 1 aliphatic heterocycles. The van der Waals surface area contributed by atoms with Crippen molar-refractivity contribution in [2.75, 3.05) is 13.1 Å². The molecule has 5 nitrogen and oxygen atoms in total. The maximum Gasteiger partial charge on any atom is 0.308 e. The van der Waals surface area contributed by atoms with Crippen molar-refractivity contribution >= 4 is 23.2 Å². The van der Waals surface area contributed by atoms with Crippen molar-refractivity contribution in [1.82, 2.24) is 9.88 Å². The van der Waals surface area contributed by atoms with Crippen molar-refractivity contribution in [3.05, 3.63) is 40.9 Å². The average molecular weight is 316 g/mol. The number of hydrogen-bond acceptors (Lipinski definition) is 4. The number of hydrogen-bond donors (Lipinski definition) is 1. The lowest BCUT2D eigenvalue weighted by molar-refractivity contribution is -0.141. The molecule has 114 valence electrons. The van der Waals surface area contributed by atoms with Gasteiger partial charge < -0.3 is 10.0 Å². The standard InChI is InChI=1S/C16H16N2O3S/c1-10-9-22-14(17-10)11-3-2-4-12(7-11)15(19)18-6-5-13(8-18)16(20)21/h2-4,7,9,13H,5-6,8H2,1H3,(H,20,21)/t13-/m0/s1. The average Bonchev–Trinajstić information content (AvgIpc) is 3.15. The smallest absolute Gasteiger partial charge is 0.308 e. The summed E-state index contributed by atoms with van der Waals surface area (Å²) in [7, 11) is 0. The number of benzene rings is 1. The van der Waals surface area contributed by atoms with Gasteiger partial charge in [0.2, 0.25) is 0 Å². The third-order valence-corrected chi connectivity index (χ3v) is 4.81. The molecule has 1 saturated heterocycles. The molecule has 22 heavy (non-hydrogen) atoms. The van der Waals surface area contributed by atoms with Crippen molar-refractivity contribution in [2.45, 2.75) is 13.3 Å². The molecule has 0 radical (unpaired) electrons. The topological polar surface area (TPSA) is 70.5 Å². The van der Waals surface area contributed by atoms with Gasteiger partial charge in [-0.2, -0.15) is 0 Å². The van der Waals surface area contributed by atoms with E-state index in [4.69, 9.17) is 5.11 Å². The lowest BCUT2D eigenvalue weighted by Crippen LogP contribution is -2.29. The van der Waals surface area contributed by atoms with Crippen LogP contribution < -0.4 is 0 Å². The predicted molar refractivity (Wildman–Crippen MR) is 83.9 cm³/mol. The minimum atomic E-state index is -0.831. The summed E-state index contributed by atoms with van der Waals surface area (Å²) in [5.41, 5.74) is 2.45. The summed E-state index contributed by atoms with van der Waals surface area (Å²) >= 11 is 1.55. The van der Waals surface area contributed by atoms with E-state index in [0.717, 1.165) is 16.3 Å². The van der Waals surface area contributed by atoms with E-state index in [-0.39, 0.29) is 12.5 Å². The van der Waals surface area contributed by atoms with Crippen LogP contribution in [0.1, 0.15) is 22.5 Å². The van der Waals surface area contributed by atoms with Crippen molar-refractivity contribution in [1.29, 1.82) is 0 Å². The van der Waals surface area contributed by atoms with Crippen LogP contribution in [0.5, 0.6) is 0 Å². The van der Waals surface area contributed by atoms with E-state index in [1.165, 1.54) is 0 Å².